The van der Waals surface area contributed by atoms with Crippen LogP contribution >= 0.6 is 11.6 Å². The van der Waals surface area contributed by atoms with Crippen LogP contribution < -0.4 is 4.74 Å². The van der Waals surface area contributed by atoms with E-state index in [1.807, 2.05) is 0 Å². The van der Waals surface area contributed by atoms with E-state index in [0.29, 0.717) is 16.9 Å². The standard InChI is InChI=1S/C15H11ClF2O2/c16-12-6-9(18)1-3-10(12)15-7-13(19)11-5-8(17)2-4-14(11)20-15/h1-6,13,15,19H,7H2. The number of hydrogen-bond acceptors (Lipinski definition) is 2. The third-order valence-electron chi connectivity index (χ3n) is 3.35. The topological polar surface area (TPSA) is 29.5 Å². The third-order valence-corrected chi connectivity index (χ3v) is 3.67. The summed E-state index contributed by atoms with van der Waals surface area (Å²) in [5, 5.41) is 10.3. The second-order valence-corrected chi connectivity index (χ2v) is 5.11. The molecule has 2 aromatic rings. The molecule has 1 aliphatic rings. The van der Waals surface area contributed by atoms with Gasteiger partial charge in [0.05, 0.1) is 11.1 Å². The first-order valence-corrected chi connectivity index (χ1v) is 6.51. The summed E-state index contributed by atoms with van der Waals surface area (Å²) in [5.74, 6) is -0.446. The van der Waals surface area contributed by atoms with Crippen molar-refractivity contribution in [3.63, 3.8) is 0 Å². The summed E-state index contributed by atoms with van der Waals surface area (Å²) < 4.78 is 32.0. The fourth-order valence-corrected chi connectivity index (χ4v) is 2.66. The van der Waals surface area contributed by atoms with Gasteiger partial charge in [-0.3, -0.25) is 0 Å². The van der Waals surface area contributed by atoms with Crippen molar-refractivity contribution < 1.29 is 18.6 Å². The molecule has 0 bridgehead atoms. The Kier molecular flexibility index (Phi) is 3.36. The molecule has 0 spiro atoms. The molecule has 2 unspecified atom stereocenters. The Morgan fingerprint density at radius 2 is 1.75 bits per heavy atom. The van der Waals surface area contributed by atoms with Crippen LogP contribution in [0, 0.1) is 11.6 Å². The average molecular weight is 297 g/mol. The Hall–Kier alpha value is -1.65. The lowest BCUT2D eigenvalue weighted by Crippen LogP contribution is -2.19. The Bertz CT molecular complexity index is 660. The number of halogens is 3. The first-order valence-electron chi connectivity index (χ1n) is 6.13. The Labute approximate surface area is 119 Å². The highest BCUT2D eigenvalue weighted by Gasteiger charge is 2.29. The van der Waals surface area contributed by atoms with Gasteiger partial charge in [-0.1, -0.05) is 17.7 Å². The Morgan fingerprint density at radius 1 is 1.05 bits per heavy atom. The van der Waals surface area contributed by atoms with Gasteiger partial charge in [0.25, 0.3) is 0 Å². The Balaban J connectivity index is 1.97. The van der Waals surface area contributed by atoms with E-state index < -0.39 is 23.8 Å². The van der Waals surface area contributed by atoms with E-state index in [2.05, 4.69) is 0 Å². The summed E-state index contributed by atoms with van der Waals surface area (Å²) in [7, 11) is 0. The van der Waals surface area contributed by atoms with Gasteiger partial charge in [-0.05, 0) is 30.3 Å². The van der Waals surface area contributed by atoms with Crippen molar-refractivity contribution in [2.75, 3.05) is 0 Å². The van der Waals surface area contributed by atoms with E-state index in [1.165, 1.54) is 36.4 Å². The Morgan fingerprint density at radius 3 is 2.50 bits per heavy atom. The van der Waals surface area contributed by atoms with E-state index in [-0.39, 0.29) is 11.4 Å². The lowest BCUT2D eigenvalue weighted by atomic mass is 9.95. The van der Waals surface area contributed by atoms with Gasteiger partial charge < -0.3 is 9.84 Å². The van der Waals surface area contributed by atoms with Crippen LogP contribution in [0.3, 0.4) is 0 Å². The molecule has 1 N–H and O–H groups in total. The number of fused-ring (bicyclic) bond motifs is 1. The summed E-state index contributed by atoms with van der Waals surface area (Å²) in [5.41, 5.74) is 1.02. The largest absolute Gasteiger partial charge is 0.485 e. The van der Waals surface area contributed by atoms with Gasteiger partial charge in [-0.25, -0.2) is 8.78 Å². The highest BCUT2D eigenvalue weighted by Crippen LogP contribution is 2.42. The zero-order valence-electron chi connectivity index (χ0n) is 10.3. The molecule has 20 heavy (non-hydrogen) atoms. The minimum absolute atomic E-state index is 0.238. The molecular formula is C15H11ClF2O2. The van der Waals surface area contributed by atoms with Crippen molar-refractivity contribution in [3.05, 3.63) is 64.2 Å². The number of aliphatic hydroxyl groups excluding tert-OH is 1. The molecule has 0 aliphatic carbocycles. The molecule has 0 fully saturated rings. The maximum atomic E-state index is 13.2. The van der Waals surface area contributed by atoms with Crippen LogP contribution in [0.5, 0.6) is 5.75 Å². The third kappa shape index (κ3) is 2.37. The summed E-state index contributed by atoms with van der Waals surface area (Å²) in [6.45, 7) is 0. The van der Waals surface area contributed by atoms with Crippen LogP contribution in [-0.4, -0.2) is 5.11 Å². The number of ether oxygens (including phenoxy) is 1. The van der Waals surface area contributed by atoms with Crippen LogP contribution in [0.15, 0.2) is 36.4 Å². The van der Waals surface area contributed by atoms with Crippen molar-refractivity contribution >= 4 is 11.6 Å². The molecule has 3 rings (SSSR count). The second kappa shape index (κ2) is 5.04. The molecule has 0 amide bonds. The molecule has 0 aromatic heterocycles. The molecule has 0 radical (unpaired) electrons. The summed E-state index contributed by atoms with van der Waals surface area (Å²) >= 11 is 6.00. The zero-order valence-corrected chi connectivity index (χ0v) is 11.1. The van der Waals surface area contributed by atoms with Gasteiger partial charge in [0.1, 0.15) is 23.5 Å². The second-order valence-electron chi connectivity index (χ2n) is 4.71. The van der Waals surface area contributed by atoms with Gasteiger partial charge in [0.2, 0.25) is 0 Å². The summed E-state index contributed by atoms with van der Waals surface area (Å²) in [6, 6.07) is 8.01. The van der Waals surface area contributed by atoms with Crippen LogP contribution in [0.1, 0.15) is 29.8 Å². The quantitative estimate of drug-likeness (QED) is 0.855. The number of benzene rings is 2. The van der Waals surface area contributed by atoms with Crippen LogP contribution in [0.4, 0.5) is 8.78 Å². The molecule has 2 atom stereocenters. The zero-order chi connectivity index (χ0) is 14.3. The highest BCUT2D eigenvalue weighted by molar-refractivity contribution is 6.31. The van der Waals surface area contributed by atoms with Crippen molar-refractivity contribution in [1.29, 1.82) is 0 Å². The SMILES string of the molecule is OC1CC(c2ccc(F)cc2Cl)Oc2ccc(F)cc21. The molecular weight excluding hydrogens is 286 g/mol. The maximum Gasteiger partial charge on any atom is 0.128 e. The monoisotopic (exact) mass is 296 g/mol. The van der Waals surface area contributed by atoms with Crippen molar-refractivity contribution in [1.82, 2.24) is 0 Å². The molecule has 104 valence electrons. The van der Waals surface area contributed by atoms with E-state index in [4.69, 9.17) is 16.3 Å². The van der Waals surface area contributed by atoms with Gasteiger partial charge in [-0.2, -0.15) is 0 Å². The minimum Gasteiger partial charge on any atom is -0.485 e. The molecule has 0 saturated carbocycles. The van der Waals surface area contributed by atoms with E-state index in [1.54, 1.807) is 0 Å². The fourth-order valence-electron chi connectivity index (χ4n) is 2.37. The molecule has 5 heteroatoms. The van der Waals surface area contributed by atoms with Gasteiger partial charge in [0.15, 0.2) is 0 Å². The number of hydrogen-bond donors (Lipinski definition) is 1. The number of aliphatic hydroxyl groups is 1. The van der Waals surface area contributed by atoms with Crippen LogP contribution in [-0.2, 0) is 0 Å². The van der Waals surface area contributed by atoms with Crippen molar-refractivity contribution in [2.45, 2.75) is 18.6 Å². The smallest absolute Gasteiger partial charge is 0.128 e. The van der Waals surface area contributed by atoms with Gasteiger partial charge in [-0.15, -0.1) is 0 Å². The van der Waals surface area contributed by atoms with Gasteiger partial charge in [0, 0.05) is 17.5 Å². The lowest BCUT2D eigenvalue weighted by molar-refractivity contribution is 0.0653. The first-order chi connectivity index (χ1) is 9.54. The first kappa shape index (κ1) is 13.3. The number of rotatable bonds is 1. The minimum atomic E-state index is -0.847. The van der Waals surface area contributed by atoms with Crippen molar-refractivity contribution in [3.8, 4) is 5.75 Å². The fraction of sp³-hybridized carbons (Fsp3) is 0.200. The molecule has 1 aliphatic heterocycles. The summed E-state index contributed by atoms with van der Waals surface area (Å²) in [6.07, 6.45) is -1.10. The van der Waals surface area contributed by atoms with Crippen molar-refractivity contribution in [2.24, 2.45) is 0 Å². The maximum absolute atomic E-state index is 13.2. The highest BCUT2D eigenvalue weighted by atomic mass is 35.5. The normalized spacial score (nSPS) is 21.2. The van der Waals surface area contributed by atoms with Gasteiger partial charge >= 0.3 is 0 Å². The molecule has 2 aromatic carbocycles. The van der Waals surface area contributed by atoms with E-state index in [9.17, 15) is 13.9 Å². The predicted molar refractivity (Wildman–Crippen MR) is 70.8 cm³/mol. The molecule has 1 heterocycles. The van der Waals surface area contributed by atoms with Crippen LogP contribution in [0.25, 0.3) is 0 Å². The molecule has 0 saturated heterocycles. The average Bonchev–Trinajstić information content (AvgIpc) is 2.39. The van der Waals surface area contributed by atoms with E-state index >= 15 is 0 Å². The lowest BCUT2D eigenvalue weighted by Gasteiger charge is -2.30. The summed E-state index contributed by atoms with van der Waals surface area (Å²) in [4.78, 5) is 0. The van der Waals surface area contributed by atoms with E-state index in [0.717, 1.165) is 0 Å². The molecule has 2 nitrogen and oxygen atoms in total. The van der Waals surface area contributed by atoms with Crippen LogP contribution in [0.2, 0.25) is 5.02 Å². The predicted octanol–water partition coefficient (Wildman–Crippen LogP) is 4.18.